The number of anilines is 1. The lowest BCUT2D eigenvalue weighted by atomic mass is 9.63. The molecule has 294 valence electrons. The van der Waals surface area contributed by atoms with E-state index in [9.17, 15) is 13.2 Å². The summed E-state index contributed by atoms with van der Waals surface area (Å²) in [4.78, 5) is 23.9. The van der Waals surface area contributed by atoms with Gasteiger partial charge >= 0.3 is 0 Å². The number of carbonyl (C=O) groups is 1. The number of piperazine rings is 2. The number of fused-ring (bicyclic) bond motifs is 5. The molecule has 2 bridgehead atoms. The Labute approximate surface area is 327 Å². The van der Waals surface area contributed by atoms with Crippen molar-refractivity contribution < 1.29 is 22.7 Å². The van der Waals surface area contributed by atoms with Crippen LogP contribution in [0.2, 0.25) is 5.02 Å². The number of likely N-dealkylation sites (N-methyl/N-ethyl adjacent to an activating group) is 1. The van der Waals surface area contributed by atoms with E-state index in [1.54, 1.807) is 13.0 Å². The molecule has 0 unspecified atom stereocenters. The Hall–Kier alpha value is -2.67. The standard InChI is InChI=1S/C42H58ClN5O5S/c1-29-7-5-16-42(52-4,27-46-18-20-47-19-17-45(3)24-35(47)25-46)37-12-9-33(37)23-48-26-41(15-6-8-31-21-34(43)11-13-36(31)41)28-53-39-14-10-32(22-38(39)48)40(49)44-54(50,51)30(29)2/h5,10-11,13-14,16,21-22,29-30,33,35,37H,6-9,12,15,17-20,23-28H2,1-4H3,(H,44,49)/b16-5-/t29-,30+,33-,35+,37+,41-,42+/m0/s1. The molecule has 4 heterocycles. The minimum absolute atomic E-state index is 0.215. The molecule has 3 fully saturated rings. The number of nitrogens with zero attached hydrogens (tertiary/aromatic N) is 4. The van der Waals surface area contributed by atoms with Gasteiger partial charge in [0.05, 0.1) is 17.5 Å². The summed E-state index contributed by atoms with van der Waals surface area (Å²) in [5.41, 5.74) is 2.93. The van der Waals surface area contributed by atoms with Crippen molar-refractivity contribution in [2.75, 3.05) is 84.6 Å². The molecule has 10 nitrogen and oxygen atoms in total. The number of methoxy groups -OCH3 is 1. The predicted octanol–water partition coefficient (Wildman–Crippen LogP) is 5.20. The molecule has 8 rings (SSSR count). The molecule has 6 aliphatic rings. The van der Waals surface area contributed by atoms with Crippen molar-refractivity contribution >= 4 is 33.2 Å². The fourth-order valence-corrected chi connectivity index (χ4v) is 12.0. The van der Waals surface area contributed by atoms with Gasteiger partial charge in [-0.05, 0) is 112 Å². The molecule has 54 heavy (non-hydrogen) atoms. The first kappa shape index (κ1) is 38.2. The normalized spacial score (nSPS) is 35.4. The third-order valence-corrected chi connectivity index (χ3v) is 16.2. The number of allylic oxidation sites excluding steroid dienone is 1. The van der Waals surface area contributed by atoms with Gasteiger partial charge in [0.2, 0.25) is 10.0 Å². The first-order valence-corrected chi connectivity index (χ1v) is 22.1. The van der Waals surface area contributed by atoms with Gasteiger partial charge in [0.25, 0.3) is 5.91 Å². The number of hydrogen-bond donors (Lipinski definition) is 1. The fraction of sp³-hybridized carbons (Fsp3) is 0.643. The van der Waals surface area contributed by atoms with Crippen LogP contribution >= 0.6 is 11.6 Å². The number of halogens is 1. The zero-order valence-electron chi connectivity index (χ0n) is 32.4. The number of sulfonamides is 1. The highest BCUT2D eigenvalue weighted by Gasteiger charge is 2.50. The summed E-state index contributed by atoms with van der Waals surface area (Å²) < 4.78 is 43.2. The number of carbonyl (C=O) groups excluding carboxylic acids is 1. The van der Waals surface area contributed by atoms with Crippen molar-refractivity contribution in [3.8, 4) is 5.75 Å². The minimum atomic E-state index is -3.96. The van der Waals surface area contributed by atoms with Crippen LogP contribution in [0.15, 0.2) is 48.6 Å². The van der Waals surface area contributed by atoms with Crippen molar-refractivity contribution in [3.63, 3.8) is 0 Å². The van der Waals surface area contributed by atoms with Crippen molar-refractivity contribution in [1.82, 2.24) is 19.4 Å². The van der Waals surface area contributed by atoms with Gasteiger partial charge in [-0.15, -0.1) is 0 Å². The van der Waals surface area contributed by atoms with Crippen LogP contribution < -0.4 is 14.4 Å². The van der Waals surface area contributed by atoms with Gasteiger partial charge in [-0.2, -0.15) is 0 Å². The lowest BCUT2D eigenvalue weighted by Crippen LogP contribution is -2.64. The fourth-order valence-electron chi connectivity index (χ4n) is 10.5. The molecule has 1 spiro atoms. The maximum Gasteiger partial charge on any atom is 0.264 e. The van der Waals surface area contributed by atoms with Crippen molar-refractivity contribution in [1.29, 1.82) is 0 Å². The van der Waals surface area contributed by atoms with Gasteiger partial charge in [0.1, 0.15) is 11.4 Å². The first-order chi connectivity index (χ1) is 25.9. The highest BCUT2D eigenvalue weighted by atomic mass is 35.5. The lowest BCUT2D eigenvalue weighted by Gasteiger charge is -2.53. The summed E-state index contributed by atoms with van der Waals surface area (Å²) in [5, 5.41) is -0.0229. The van der Waals surface area contributed by atoms with E-state index >= 15 is 0 Å². The number of rotatable bonds is 3. The topological polar surface area (TPSA) is 94.7 Å². The van der Waals surface area contributed by atoms with E-state index in [0.29, 0.717) is 30.6 Å². The van der Waals surface area contributed by atoms with E-state index < -0.39 is 26.8 Å². The number of ether oxygens (including phenoxy) is 2. The molecule has 7 atom stereocenters. The number of hydrogen-bond acceptors (Lipinski definition) is 9. The molecule has 4 aliphatic heterocycles. The van der Waals surface area contributed by atoms with E-state index in [1.807, 2.05) is 32.2 Å². The van der Waals surface area contributed by atoms with E-state index in [-0.39, 0.29) is 17.3 Å². The average molecular weight is 780 g/mol. The maximum absolute atomic E-state index is 13.7. The summed E-state index contributed by atoms with van der Waals surface area (Å²) in [5.74, 6) is 0.505. The molecule has 0 aromatic heterocycles. The van der Waals surface area contributed by atoms with Crippen LogP contribution in [0.5, 0.6) is 5.75 Å². The molecule has 2 aromatic carbocycles. The van der Waals surface area contributed by atoms with Crippen LogP contribution in [0.3, 0.4) is 0 Å². The van der Waals surface area contributed by atoms with Gasteiger partial charge in [-0.3, -0.25) is 14.6 Å². The molecule has 1 N–H and O–H groups in total. The number of benzene rings is 2. The summed E-state index contributed by atoms with van der Waals surface area (Å²) in [6.45, 7) is 12.9. The Balaban J connectivity index is 1.18. The van der Waals surface area contributed by atoms with E-state index in [4.69, 9.17) is 21.1 Å². The minimum Gasteiger partial charge on any atom is -0.490 e. The Kier molecular flexibility index (Phi) is 10.6. The first-order valence-electron chi connectivity index (χ1n) is 20.1. The molecule has 2 aromatic rings. The zero-order chi connectivity index (χ0) is 37.8. The maximum atomic E-state index is 13.7. The molecule has 12 heteroatoms. The molecule has 2 aliphatic carbocycles. The molecule has 1 saturated carbocycles. The average Bonchev–Trinajstić information content (AvgIpc) is 3.28. The Bertz CT molecular complexity index is 1880. The second-order valence-corrected chi connectivity index (χ2v) is 19.8. The quantitative estimate of drug-likeness (QED) is 0.423. The monoisotopic (exact) mass is 779 g/mol. The summed E-state index contributed by atoms with van der Waals surface area (Å²) in [7, 11) is 0.142. The lowest BCUT2D eigenvalue weighted by molar-refractivity contribution is -0.101. The van der Waals surface area contributed by atoms with Crippen LogP contribution in [-0.4, -0.2) is 126 Å². The summed E-state index contributed by atoms with van der Waals surface area (Å²) in [6, 6.07) is 12.2. The number of nitrogens with one attached hydrogen (secondary N) is 1. The smallest absolute Gasteiger partial charge is 0.264 e. The van der Waals surface area contributed by atoms with Gasteiger partial charge in [-0.25, -0.2) is 13.1 Å². The Morgan fingerprint density at radius 3 is 2.67 bits per heavy atom. The summed E-state index contributed by atoms with van der Waals surface area (Å²) in [6.07, 6.45) is 10.2. The highest BCUT2D eigenvalue weighted by Crippen LogP contribution is 2.49. The van der Waals surface area contributed by atoms with Crippen LogP contribution in [0, 0.1) is 17.8 Å². The SMILES string of the molecule is CO[C@@]1(CN2CCN3CCN(C)C[C@@H]3C2)/C=C\C[C@H](C)[C@@H](C)S(=O)(=O)NC(=O)c2ccc3c(c2)N(C[C@@H]2CC[C@H]21)C[C@@]1(CCCc2cc(Cl)ccc21)CO3. The van der Waals surface area contributed by atoms with E-state index in [0.717, 1.165) is 107 Å². The van der Waals surface area contributed by atoms with E-state index in [1.165, 1.54) is 11.1 Å². The van der Waals surface area contributed by atoms with Crippen LogP contribution in [-0.2, 0) is 26.6 Å². The summed E-state index contributed by atoms with van der Waals surface area (Å²) >= 11 is 6.52. The second-order valence-electron chi connectivity index (χ2n) is 17.4. The largest absolute Gasteiger partial charge is 0.490 e. The molecular formula is C42H58ClN5O5S. The van der Waals surface area contributed by atoms with Gasteiger partial charge < -0.3 is 19.3 Å². The van der Waals surface area contributed by atoms with Crippen molar-refractivity contribution in [3.05, 3.63) is 70.3 Å². The molecule has 1 amide bonds. The third kappa shape index (κ3) is 7.22. The van der Waals surface area contributed by atoms with Gasteiger partial charge in [0.15, 0.2) is 0 Å². The molecular weight excluding hydrogens is 722 g/mol. The van der Waals surface area contributed by atoms with E-state index in [2.05, 4.69) is 55.7 Å². The number of amides is 1. The predicted molar refractivity (Wildman–Crippen MR) is 214 cm³/mol. The Morgan fingerprint density at radius 1 is 1.04 bits per heavy atom. The van der Waals surface area contributed by atoms with Crippen molar-refractivity contribution in [2.45, 2.75) is 74.7 Å². The highest BCUT2D eigenvalue weighted by molar-refractivity contribution is 7.90. The van der Waals surface area contributed by atoms with Gasteiger partial charge in [-0.1, -0.05) is 36.7 Å². The second kappa shape index (κ2) is 15.0. The zero-order valence-corrected chi connectivity index (χ0v) is 34.0. The van der Waals surface area contributed by atoms with Crippen molar-refractivity contribution in [2.24, 2.45) is 17.8 Å². The Morgan fingerprint density at radius 2 is 1.87 bits per heavy atom. The number of aryl methyl sites for hydroxylation is 1. The van der Waals surface area contributed by atoms with Crippen LogP contribution in [0.4, 0.5) is 5.69 Å². The van der Waals surface area contributed by atoms with Crippen LogP contribution in [0.1, 0.15) is 67.4 Å². The van der Waals surface area contributed by atoms with Crippen LogP contribution in [0.25, 0.3) is 0 Å². The molecule has 2 saturated heterocycles. The molecule has 0 radical (unpaired) electrons. The third-order valence-electron chi connectivity index (χ3n) is 14.1. The van der Waals surface area contributed by atoms with Gasteiger partial charge in [0, 0.05) is 88.1 Å².